The van der Waals surface area contributed by atoms with Crippen molar-refractivity contribution in [2.75, 3.05) is 6.61 Å². The fourth-order valence-corrected chi connectivity index (χ4v) is 3.01. The van der Waals surface area contributed by atoms with E-state index < -0.39 is 11.6 Å². The molecule has 1 atom stereocenters. The highest BCUT2D eigenvalue weighted by molar-refractivity contribution is 9.10. The van der Waals surface area contributed by atoms with Crippen LogP contribution >= 0.6 is 27.7 Å². The van der Waals surface area contributed by atoms with Gasteiger partial charge < -0.3 is 4.74 Å². The van der Waals surface area contributed by atoms with Crippen molar-refractivity contribution in [3.05, 3.63) is 28.2 Å². The van der Waals surface area contributed by atoms with Crippen molar-refractivity contribution in [2.24, 2.45) is 0 Å². The van der Waals surface area contributed by atoms with Crippen LogP contribution in [0.25, 0.3) is 0 Å². The van der Waals surface area contributed by atoms with Gasteiger partial charge in [-0.05, 0) is 41.9 Å². The van der Waals surface area contributed by atoms with Gasteiger partial charge in [0.2, 0.25) is 5.67 Å². The fourth-order valence-electron chi connectivity index (χ4n) is 1.53. The Morgan fingerprint density at radius 3 is 2.63 bits per heavy atom. The average molecular weight is 349 g/mol. The summed E-state index contributed by atoms with van der Waals surface area (Å²) in [5.41, 5.74) is -1.83. The highest BCUT2D eigenvalue weighted by Crippen LogP contribution is 2.35. The lowest BCUT2D eigenvalue weighted by Gasteiger charge is -2.20. The van der Waals surface area contributed by atoms with Crippen molar-refractivity contribution in [1.29, 1.82) is 0 Å². The van der Waals surface area contributed by atoms with Crippen LogP contribution in [0, 0.1) is 0 Å². The molecule has 0 aliphatic carbocycles. The van der Waals surface area contributed by atoms with Crippen LogP contribution in [0.1, 0.15) is 33.3 Å². The summed E-state index contributed by atoms with van der Waals surface area (Å²) in [7, 11) is 0. The molecule has 19 heavy (non-hydrogen) atoms. The van der Waals surface area contributed by atoms with Gasteiger partial charge >= 0.3 is 5.97 Å². The average Bonchev–Trinajstić information content (AvgIpc) is 2.31. The largest absolute Gasteiger partial charge is 0.463 e. The first kappa shape index (κ1) is 16.5. The van der Waals surface area contributed by atoms with Crippen LogP contribution in [0.5, 0.6) is 0 Å². The number of carbonyl (C=O) groups is 1. The first-order valence-electron chi connectivity index (χ1n) is 6.11. The van der Waals surface area contributed by atoms with Crippen LogP contribution in [-0.2, 0) is 15.2 Å². The van der Waals surface area contributed by atoms with E-state index in [0.29, 0.717) is 10.8 Å². The molecule has 0 N–H and O–H groups in total. The molecule has 1 aromatic rings. The van der Waals surface area contributed by atoms with E-state index in [1.165, 1.54) is 6.92 Å². The number of hydrogen-bond donors (Lipinski definition) is 0. The molecule has 0 fully saturated rings. The molecule has 0 saturated heterocycles. The highest BCUT2D eigenvalue weighted by Gasteiger charge is 2.37. The Hall–Kier alpha value is -0.550. The molecule has 0 amide bonds. The molecular weight excluding hydrogens is 331 g/mol. The molecule has 1 unspecified atom stereocenters. The molecule has 0 saturated carbocycles. The van der Waals surface area contributed by atoms with Crippen molar-refractivity contribution in [1.82, 2.24) is 0 Å². The first-order valence-corrected chi connectivity index (χ1v) is 7.79. The Labute approximate surface area is 126 Å². The molecule has 1 rings (SSSR count). The van der Waals surface area contributed by atoms with Gasteiger partial charge in [-0.1, -0.05) is 19.9 Å². The van der Waals surface area contributed by atoms with Crippen LogP contribution in [0.4, 0.5) is 4.39 Å². The second-order valence-electron chi connectivity index (χ2n) is 4.54. The number of ether oxygens (including phenoxy) is 1. The van der Waals surface area contributed by atoms with Gasteiger partial charge in [-0.3, -0.25) is 0 Å². The molecule has 0 aromatic heterocycles. The predicted octanol–water partition coefficient (Wildman–Crippen LogP) is 4.70. The summed E-state index contributed by atoms with van der Waals surface area (Å²) in [6.45, 7) is 7.22. The minimum absolute atomic E-state index is 0.167. The van der Waals surface area contributed by atoms with Gasteiger partial charge in [0.25, 0.3) is 0 Å². The Balaban J connectivity index is 3.02. The Bertz CT molecular complexity index is 461. The summed E-state index contributed by atoms with van der Waals surface area (Å²) in [4.78, 5) is 12.6. The number of thioether (sulfide) groups is 1. The summed E-state index contributed by atoms with van der Waals surface area (Å²) >= 11 is 5.09. The van der Waals surface area contributed by atoms with Gasteiger partial charge in [0, 0.05) is 20.2 Å². The summed E-state index contributed by atoms with van der Waals surface area (Å²) in [6.07, 6.45) is 0. The van der Waals surface area contributed by atoms with Crippen molar-refractivity contribution in [3.63, 3.8) is 0 Å². The van der Waals surface area contributed by atoms with Crippen LogP contribution in [0.3, 0.4) is 0 Å². The third-order valence-electron chi connectivity index (χ3n) is 2.50. The first-order chi connectivity index (χ1) is 8.78. The summed E-state index contributed by atoms with van der Waals surface area (Å²) in [5.74, 6) is -0.855. The summed E-state index contributed by atoms with van der Waals surface area (Å²) in [5, 5.41) is 0.434. The van der Waals surface area contributed by atoms with E-state index in [2.05, 4.69) is 29.8 Å². The van der Waals surface area contributed by atoms with E-state index in [9.17, 15) is 9.18 Å². The SMILES string of the molecule is CCOC(=O)C(C)(F)c1ccc(SC(C)C)c(Br)c1. The molecule has 0 spiro atoms. The van der Waals surface area contributed by atoms with E-state index in [0.717, 1.165) is 9.37 Å². The Morgan fingerprint density at radius 1 is 1.53 bits per heavy atom. The maximum absolute atomic E-state index is 14.5. The molecule has 0 bridgehead atoms. The predicted molar refractivity (Wildman–Crippen MR) is 80.2 cm³/mol. The zero-order valence-corrected chi connectivity index (χ0v) is 13.9. The van der Waals surface area contributed by atoms with E-state index in [1.807, 2.05) is 6.07 Å². The third-order valence-corrected chi connectivity index (χ3v) is 4.50. The molecule has 1 aromatic carbocycles. The van der Waals surface area contributed by atoms with E-state index in [-0.39, 0.29) is 6.61 Å². The number of esters is 1. The highest BCUT2D eigenvalue weighted by atomic mass is 79.9. The zero-order chi connectivity index (χ0) is 14.6. The van der Waals surface area contributed by atoms with Crippen LogP contribution < -0.4 is 0 Å². The summed E-state index contributed by atoms with van der Waals surface area (Å²) < 4.78 is 20.0. The standard InChI is InChI=1S/C14H18BrFO2S/c1-5-18-13(17)14(4,16)10-6-7-12(11(15)8-10)19-9(2)3/h6-9H,5H2,1-4H3. The lowest BCUT2D eigenvalue weighted by Crippen LogP contribution is -2.29. The molecule has 0 aliphatic rings. The van der Waals surface area contributed by atoms with Gasteiger partial charge in [-0.2, -0.15) is 0 Å². The van der Waals surface area contributed by atoms with Crippen molar-refractivity contribution < 1.29 is 13.9 Å². The van der Waals surface area contributed by atoms with Crippen molar-refractivity contribution in [3.8, 4) is 0 Å². The minimum atomic E-state index is -2.13. The topological polar surface area (TPSA) is 26.3 Å². The van der Waals surface area contributed by atoms with E-state index in [4.69, 9.17) is 4.74 Å². The monoisotopic (exact) mass is 348 g/mol. The molecule has 0 radical (unpaired) electrons. The Kier molecular flexibility index (Phi) is 5.86. The lowest BCUT2D eigenvalue weighted by atomic mass is 9.98. The fraction of sp³-hybridized carbons (Fsp3) is 0.500. The number of rotatable bonds is 5. The second-order valence-corrected chi connectivity index (χ2v) is 7.01. The normalized spacial score (nSPS) is 14.3. The maximum atomic E-state index is 14.5. The van der Waals surface area contributed by atoms with Gasteiger partial charge in [0.05, 0.1) is 6.61 Å². The number of halogens is 2. The molecule has 0 aliphatic heterocycles. The number of benzene rings is 1. The summed E-state index contributed by atoms with van der Waals surface area (Å²) in [6, 6.07) is 5.09. The second kappa shape index (κ2) is 6.75. The smallest absolute Gasteiger partial charge is 0.348 e. The van der Waals surface area contributed by atoms with Crippen molar-refractivity contribution >= 4 is 33.7 Å². The minimum Gasteiger partial charge on any atom is -0.463 e. The number of hydrogen-bond acceptors (Lipinski definition) is 3. The van der Waals surface area contributed by atoms with E-state index in [1.54, 1.807) is 30.8 Å². The van der Waals surface area contributed by atoms with Crippen LogP contribution in [0.2, 0.25) is 0 Å². The molecule has 0 heterocycles. The van der Waals surface area contributed by atoms with Gasteiger partial charge in [0.15, 0.2) is 0 Å². The van der Waals surface area contributed by atoms with E-state index >= 15 is 0 Å². The van der Waals surface area contributed by atoms with Crippen LogP contribution in [-0.4, -0.2) is 17.8 Å². The van der Waals surface area contributed by atoms with Crippen molar-refractivity contribution in [2.45, 2.75) is 43.5 Å². The molecule has 2 nitrogen and oxygen atoms in total. The molecular formula is C14H18BrFO2S. The zero-order valence-electron chi connectivity index (χ0n) is 11.5. The lowest BCUT2D eigenvalue weighted by molar-refractivity contribution is -0.156. The number of alkyl halides is 1. The third kappa shape index (κ3) is 4.21. The van der Waals surface area contributed by atoms with Crippen LogP contribution in [0.15, 0.2) is 27.6 Å². The van der Waals surface area contributed by atoms with Gasteiger partial charge in [-0.15, -0.1) is 11.8 Å². The number of carbonyl (C=O) groups excluding carboxylic acids is 1. The quantitative estimate of drug-likeness (QED) is 0.569. The Morgan fingerprint density at radius 2 is 2.16 bits per heavy atom. The molecule has 106 valence electrons. The maximum Gasteiger partial charge on any atom is 0.348 e. The molecule has 5 heteroatoms. The van der Waals surface area contributed by atoms with Gasteiger partial charge in [-0.25, -0.2) is 9.18 Å². The van der Waals surface area contributed by atoms with Gasteiger partial charge in [0.1, 0.15) is 0 Å².